The van der Waals surface area contributed by atoms with Crippen LogP contribution in [0.1, 0.15) is 11.1 Å². The minimum atomic E-state index is -3.52. The molecule has 1 amide bonds. The number of rotatable bonds is 7. The summed E-state index contributed by atoms with van der Waals surface area (Å²) in [4.78, 5) is 11.9. The summed E-state index contributed by atoms with van der Waals surface area (Å²) in [6.07, 6.45) is 0.394. The molecular formula is C17H19ClN2O3S. The third-order valence-electron chi connectivity index (χ3n) is 3.43. The molecule has 0 unspecified atom stereocenters. The van der Waals surface area contributed by atoms with Gasteiger partial charge in [0.2, 0.25) is 15.9 Å². The molecule has 0 saturated carbocycles. The second-order valence-electron chi connectivity index (χ2n) is 5.38. The van der Waals surface area contributed by atoms with Crippen molar-refractivity contribution < 1.29 is 13.2 Å². The van der Waals surface area contributed by atoms with Crippen molar-refractivity contribution in [2.24, 2.45) is 0 Å². The van der Waals surface area contributed by atoms with Crippen LogP contribution >= 0.6 is 11.6 Å². The van der Waals surface area contributed by atoms with Gasteiger partial charge < -0.3 is 5.32 Å². The number of anilines is 1. The minimum Gasteiger partial charge on any atom is -0.325 e. The van der Waals surface area contributed by atoms with E-state index in [1.54, 1.807) is 18.2 Å². The van der Waals surface area contributed by atoms with E-state index in [2.05, 4.69) is 10.0 Å². The molecule has 0 radical (unpaired) electrons. The molecule has 0 aromatic heterocycles. The lowest BCUT2D eigenvalue weighted by Gasteiger charge is -2.10. The first kappa shape index (κ1) is 18.4. The Morgan fingerprint density at radius 3 is 2.54 bits per heavy atom. The van der Waals surface area contributed by atoms with Gasteiger partial charge >= 0.3 is 0 Å². The molecule has 0 spiro atoms. The van der Waals surface area contributed by atoms with Crippen molar-refractivity contribution in [1.29, 1.82) is 0 Å². The number of carbonyl (C=O) groups is 1. The summed E-state index contributed by atoms with van der Waals surface area (Å²) in [5, 5.41) is 3.15. The van der Waals surface area contributed by atoms with Crippen LogP contribution in [0, 0.1) is 6.92 Å². The van der Waals surface area contributed by atoms with E-state index in [1.165, 1.54) is 0 Å². The zero-order valence-corrected chi connectivity index (χ0v) is 14.8. The summed E-state index contributed by atoms with van der Waals surface area (Å²) in [6, 6.07) is 14.4. The van der Waals surface area contributed by atoms with Crippen LogP contribution in [0.25, 0.3) is 0 Å². The first-order valence-corrected chi connectivity index (χ1v) is 9.46. The van der Waals surface area contributed by atoms with Crippen molar-refractivity contribution in [3.8, 4) is 0 Å². The average molecular weight is 367 g/mol. The normalized spacial score (nSPS) is 11.2. The van der Waals surface area contributed by atoms with Gasteiger partial charge in [0.05, 0.1) is 12.3 Å². The summed E-state index contributed by atoms with van der Waals surface area (Å²) in [5.74, 6) is -0.510. The van der Waals surface area contributed by atoms with Crippen LogP contribution < -0.4 is 10.0 Å². The van der Waals surface area contributed by atoms with Crippen molar-refractivity contribution >= 4 is 33.2 Å². The fraction of sp³-hybridized carbons (Fsp3) is 0.235. The quantitative estimate of drug-likeness (QED) is 0.791. The third kappa shape index (κ3) is 5.96. The van der Waals surface area contributed by atoms with Crippen LogP contribution in [-0.2, 0) is 21.2 Å². The molecule has 2 aromatic rings. The fourth-order valence-corrected chi connectivity index (χ4v) is 3.24. The maximum Gasteiger partial charge on any atom is 0.239 e. The largest absolute Gasteiger partial charge is 0.325 e. The van der Waals surface area contributed by atoms with Gasteiger partial charge in [0.15, 0.2) is 0 Å². The summed E-state index contributed by atoms with van der Waals surface area (Å²) < 4.78 is 26.2. The molecule has 2 aromatic carbocycles. The highest BCUT2D eigenvalue weighted by Crippen LogP contribution is 2.19. The molecule has 5 nitrogen and oxygen atoms in total. The van der Waals surface area contributed by atoms with Crippen molar-refractivity contribution in [2.45, 2.75) is 13.3 Å². The zero-order chi connectivity index (χ0) is 17.6. The number of halogens is 1. The first-order valence-electron chi connectivity index (χ1n) is 7.43. The third-order valence-corrected chi connectivity index (χ3v) is 4.99. The highest BCUT2D eigenvalue weighted by molar-refractivity contribution is 7.89. The SMILES string of the molecule is Cc1ccc(Cl)cc1NC(=O)CNS(=O)(=O)CCc1ccccc1. The number of benzene rings is 2. The molecule has 0 atom stereocenters. The number of amides is 1. The van der Waals surface area contributed by atoms with Crippen molar-refractivity contribution in [1.82, 2.24) is 4.72 Å². The maximum atomic E-state index is 12.0. The number of nitrogens with one attached hydrogen (secondary N) is 2. The van der Waals surface area contributed by atoms with Crippen LogP contribution in [0.3, 0.4) is 0 Å². The number of aryl methyl sites for hydroxylation is 2. The lowest BCUT2D eigenvalue weighted by molar-refractivity contribution is -0.115. The van der Waals surface area contributed by atoms with Crippen molar-refractivity contribution in [3.05, 3.63) is 64.7 Å². The number of carbonyl (C=O) groups excluding carboxylic acids is 1. The second kappa shape index (κ2) is 8.28. The molecule has 0 fully saturated rings. The van der Waals surface area contributed by atoms with E-state index in [1.807, 2.05) is 37.3 Å². The van der Waals surface area contributed by atoms with Crippen LogP contribution in [0.2, 0.25) is 5.02 Å². The first-order chi connectivity index (χ1) is 11.4. The van der Waals surface area contributed by atoms with Gasteiger partial charge in [-0.25, -0.2) is 13.1 Å². The van der Waals surface area contributed by atoms with Gasteiger partial charge in [-0.1, -0.05) is 48.0 Å². The van der Waals surface area contributed by atoms with Gasteiger partial charge in [-0.2, -0.15) is 0 Å². The fourth-order valence-electron chi connectivity index (χ4n) is 2.07. The molecule has 2 rings (SSSR count). The van der Waals surface area contributed by atoms with E-state index in [0.717, 1.165) is 11.1 Å². The molecular weight excluding hydrogens is 348 g/mol. The Kier molecular flexibility index (Phi) is 6.36. The molecule has 0 aliphatic heterocycles. The summed E-state index contributed by atoms with van der Waals surface area (Å²) in [5.41, 5.74) is 2.34. The van der Waals surface area contributed by atoms with Crippen LogP contribution in [-0.4, -0.2) is 26.6 Å². The van der Waals surface area contributed by atoms with Gasteiger partial charge in [0, 0.05) is 10.7 Å². The number of hydrogen-bond donors (Lipinski definition) is 2. The topological polar surface area (TPSA) is 75.3 Å². The predicted octanol–water partition coefficient (Wildman–Crippen LogP) is 2.75. The van der Waals surface area contributed by atoms with E-state index < -0.39 is 15.9 Å². The molecule has 0 bridgehead atoms. The molecule has 0 heterocycles. The molecule has 128 valence electrons. The van der Waals surface area contributed by atoms with Crippen LogP contribution in [0.4, 0.5) is 5.69 Å². The summed E-state index contributed by atoms with van der Waals surface area (Å²) in [7, 11) is -3.52. The van der Waals surface area contributed by atoms with Gasteiger partial charge in [-0.15, -0.1) is 0 Å². The molecule has 7 heteroatoms. The average Bonchev–Trinajstić information content (AvgIpc) is 2.56. The molecule has 2 N–H and O–H groups in total. The maximum absolute atomic E-state index is 12.0. The van der Waals surface area contributed by atoms with E-state index >= 15 is 0 Å². The van der Waals surface area contributed by atoms with Crippen LogP contribution in [0.5, 0.6) is 0 Å². The standard InChI is InChI=1S/C17H19ClN2O3S/c1-13-7-8-15(18)11-16(13)20-17(21)12-19-24(22,23)10-9-14-5-3-2-4-6-14/h2-8,11,19H,9-10,12H2,1H3,(H,20,21). The zero-order valence-electron chi connectivity index (χ0n) is 13.3. The Morgan fingerprint density at radius 2 is 1.83 bits per heavy atom. The number of hydrogen-bond acceptors (Lipinski definition) is 3. The van der Waals surface area contributed by atoms with E-state index in [-0.39, 0.29) is 12.3 Å². The lowest BCUT2D eigenvalue weighted by atomic mass is 10.2. The van der Waals surface area contributed by atoms with Crippen molar-refractivity contribution in [3.63, 3.8) is 0 Å². The molecule has 0 saturated heterocycles. The van der Waals surface area contributed by atoms with Gasteiger partial charge in [0.1, 0.15) is 0 Å². The highest BCUT2D eigenvalue weighted by atomic mass is 35.5. The lowest BCUT2D eigenvalue weighted by Crippen LogP contribution is -2.34. The summed E-state index contributed by atoms with van der Waals surface area (Å²) in [6.45, 7) is 1.51. The number of sulfonamides is 1. The van der Waals surface area contributed by atoms with Gasteiger partial charge in [-0.05, 0) is 36.6 Å². The summed E-state index contributed by atoms with van der Waals surface area (Å²) >= 11 is 5.89. The Balaban J connectivity index is 1.85. The molecule has 24 heavy (non-hydrogen) atoms. The van der Waals surface area contributed by atoms with Gasteiger partial charge in [0.25, 0.3) is 0 Å². The Morgan fingerprint density at radius 1 is 1.12 bits per heavy atom. The van der Waals surface area contributed by atoms with E-state index in [0.29, 0.717) is 17.1 Å². The van der Waals surface area contributed by atoms with Crippen molar-refractivity contribution in [2.75, 3.05) is 17.6 Å². The Bertz CT molecular complexity index is 808. The Labute approximate surface area is 147 Å². The predicted molar refractivity (Wildman–Crippen MR) is 96.8 cm³/mol. The molecule has 0 aliphatic carbocycles. The smallest absolute Gasteiger partial charge is 0.239 e. The Hall–Kier alpha value is -1.89. The monoisotopic (exact) mass is 366 g/mol. The second-order valence-corrected chi connectivity index (χ2v) is 7.75. The van der Waals surface area contributed by atoms with Crippen LogP contribution in [0.15, 0.2) is 48.5 Å². The highest BCUT2D eigenvalue weighted by Gasteiger charge is 2.13. The molecule has 0 aliphatic rings. The minimum absolute atomic E-state index is 0.0690. The van der Waals surface area contributed by atoms with E-state index in [4.69, 9.17) is 11.6 Å². The van der Waals surface area contributed by atoms with Gasteiger partial charge in [-0.3, -0.25) is 4.79 Å². The van der Waals surface area contributed by atoms with E-state index in [9.17, 15) is 13.2 Å².